The van der Waals surface area contributed by atoms with Crippen LogP contribution in [0.4, 0.5) is 0 Å². The summed E-state index contributed by atoms with van der Waals surface area (Å²) in [6, 6.07) is 3.89. The van der Waals surface area contributed by atoms with Crippen LogP contribution in [0.5, 0.6) is 0 Å². The average molecular weight is 220 g/mol. The standard InChI is InChI=1S/C11H12N2OS/c1-9(11-7-12-4-5-13-11)15-8-10-3-2-6-14-10/h2-7,9H,8H2,1H3. The third kappa shape index (κ3) is 2.83. The van der Waals surface area contributed by atoms with Crippen molar-refractivity contribution in [2.24, 2.45) is 0 Å². The lowest BCUT2D eigenvalue weighted by atomic mass is 10.3. The van der Waals surface area contributed by atoms with E-state index in [4.69, 9.17) is 4.42 Å². The zero-order chi connectivity index (χ0) is 10.5. The maximum atomic E-state index is 5.26. The van der Waals surface area contributed by atoms with E-state index in [0.717, 1.165) is 17.2 Å². The van der Waals surface area contributed by atoms with Gasteiger partial charge in [-0.05, 0) is 19.1 Å². The second-order valence-corrected chi connectivity index (χ2v) is 4.49. The first-order chi connectivity index (χ1) is 7.36. The molecule has 0 bridgehead atoms. The number of nitrogens with zero attached hydrogens (tertiary/aromatic N) is 2. The Morgan fingerprint density at radius 3 is 3.07 bits per heavy atom. The molecule has 15 heavy (non-hydrogen) atoms. The van der Waals surface area contributed by atoms with Gasteiger partial charge in [-0.3, -0.25) is 9.97 Å². The molecular weight excluding hydrogens is 208 g/mol. The van der Waals surface area contributed by atoms with Crippen LogP contribution in [0.2, 0.25) is 0 Å². The van der Waals surface area contributed by atoms with Crippen molar-refractivity contribution in [1.29, 1.82) is 0 Å². The lowest BCUT2D eigenvalue weighted by Crippen LogP contribution is -1.93. The van der Waals surface area contributed by atoms with Crippen molar-refractivity contribution in [2.75, 3.05) is 0 Å². The predicted molar refractivity (Wildman–Crippen MR) is 60.5 cm³/mol. The molecule has 0 aliphatic carbocycles. The molecule has 0 N–H and O–H groups in total. The second-order valence-electron chi connectivity index (χ2n) is 3.16. The molecule has 0 aliphatic heterocycles. The van der Waals surface area contributed by atoms with Crippen LogP contribution in [0.15, 0.2) is 41.4 Å². The zero-order valence-electron chi connectivity index (χ0n) is 8.46. The zero-order valence-corrected chi connectivity index (χ0v) is 9.28. The van der Waals surface area contributed by atoms with E-state index >= 15 is 0 Å². The van der Waals surface area contributed by atoms with Gasteiger partial charge in [0, 0.05) is 23.8 Å². The van der Waals surface area contributed by atoms with E-state index in [1.54, 1.807) is 36.6 Å². The van der Waals surface area contributed by atoms with E-state index in [-0.39, 0.29) is 0 Å². The van der Waals surface area contributed by atoms with Gasteiger partial charge in [-0.25, -0.2) is 0 Å². The summed E-state index contributed by atoms with van der Waals surface area (Å²) in [4.78, 5) is 8.32. The molecule has 0 aromatic carbocycles. The molecule has 0 radical (unpaired) electrons. The molecular formula is C11H12N2OS. The highest BCUT2D eigenvalue weighted by atomic mass is 32.2. The van der Waals surface area contributed by atoms with Crippen LogP contribution in [0.3, 0.4) is 0 Å². The number of hydrogen-bond donors (Lipinski definition) is 0. The Bertz CT molecular complexity index is 388. The van der Waals surface area contributed by atoms with Crippen LogP contribution >= 0.6 is 11.8 Å². The van der Waals surface area contributed by atoms with Crippen LogP contribution in [-0.2, 0) is 5.75 Å². The molecule has 2 aromatic rings. The summed E-state index contributed by atoms with van der Waals surface area (Å²) >= 11 is 1.79. The summed E-state index contributed by atoms with van der Waals surface area (Å²) in [6.45, 7) is 2.12. The largest absolute Gasteiger partial charge is 0.468 e. The smallest absolute Gasteiger partial charge is 0.113 e. The fourth-order valence-corrected chi connectivity index (χ4v) is 2.08. The van der Waals surface area contributed by atoms with Gasteiger partial charge in [-0.2, -0.15) is 0 Å². The fraction of sp³-hybridized carbons (Fsp3) is 0.273. The summed E-state index contributed by atoms with van der Waals surface area (Å²) in [5, 5.41) is 0.337. The van der Waals surface area contributed by atoms with Crippen LogP contribution in [-0.4, -0.2) is 9.97 Å². The highest BCUT2D eigenvalue weighted by Crippen LogP contribution is 2.29. The normalized spacial score (nSPS) is 12.6. The van der Waals surface area contributed by atoms with Gasteiger partial charge in [-0.1, -0.05) is 0 Å². The van der Waals surface area contributed by atoms with Gasteiger partial charge >= 0.3 is 0 Å². The van der Waals surface area contributed by atoms with Gasteiger partial charge in [0.15, 0.2) is 0 Å². The minimum Gasteiger partial charge on any atom is -0.468 e. The van der Waals surface area contributed by atoms with Gasteiger partial charge < -0.3 is 4.42 Å². The van der Waals surface area contributed by atoms with Gasteiger partial charge in [0.2, 0.25) is 0 Å². The van der Waals surface area contributed by atoms with E-state index in [2.05, 4.69) is 16.9 Å². The number of aromatic nitrogens is 2. The third-order valence-electron chi connectivity index (χ3n) is 2.06. The Hall–Kier alpha value is -1.29. The first-order valence-electron chi connectivity index (χ1n) is 4.76. The van der Waals surface area contributed by atoms with Gasteiger partial charge in [0.25, 0.3) is 0 Å². The van der Waals surface area contributed by atoms with Crippen molar-refractivity contribution < 1.29 is 4.42 Å². The predicted octanol–water partition coefficient (Wildman–Crippen LogP) is 3.06. The molecule has 0 saturated heterocycles. The number of furan rings is 1. The lowest BCUT2D eigenvalue weighted by molar-refractivity contribution is 0.530. The van der Waals surface area contributed by atoms with Crippen molar-refractivity contribution in [3.05, 3.63) is 48.4 Å². The summed E-state index contributed by atoms with van der Waals surface area (Å²) in [6.07, 6.45) is 6.91. The summed E-state index contributed by atoms with van der Waals surface area (Å²) in [5.74, 6) is 1.86. The Kier molecular flexibility index (Phi) is 3.40. The number of rotatable bonds is 4. The molecule has 2 aromatic heterocycles. The minimum absolute atomic E-state index is 0.337. The van der Waals surface area contributed by atoms with Crippen LogP contribution in [0, 0.1) is 0 Å². The first kappa shape index (κ1) is 10.2. The molecule has 0 aliphatic rings. The second kappa shape index (κ2) is 4.98. The molecule has 1 unspecified atom stereocenters. The summed E-state index contributed by atoms with van der Waals surface area (Å²) in [7, 11) is 0. The van der Waals surface area contributed by atoms with Gasteiger partial charge in [0.05, 0.1) is 17.7 Å². The molecule has 4 heteroatoms. The van der Waals surface area contributed by atoms with Crippen molar-refractivity contribution in [1.82, 2.24) is 9.97 Å². The van der Waals surface area contributed by atoms with Crippen LogP contribution in [0.1, 0.15) is 23.6 Å². The maximum absolute atomic E-state index is 5.26. The number of thioether (sulfide) groups is 1. The summed E-state index contributed by atoms with van der Waals surface area (Å²) < 4.78 is 5.26. The summed E-state index contributed by atoms with van der Waals surface area (Å²) in [5.41, 5.74) is 1.01. The van der Waals surface area contributed by atoms with Crippen molar-refractivity contribution in [3.8, 4) is 0 Å². The Morgan fingerprint density at radius 1 is 1.47 bits per heavy atom. The SMILES string of the molecule is CC(SCc1ccco1)c1cnccn1. The first-order valence-corrected chi connectivity index (χ1v) is 5.81. The molecule has 2 rings (SSSR count). The van der Waals surface area contributed by atoms with E-state index in [9.17, 15) is 0 Å². The fourth-order valence-electron chi connectivity index (χ4n) is 1.21. The van der Waals surface area contributed by atoms with Crippen molar-refractivity contribution >= 4 is 11.8 Å². The molecule has 78 valence electrons. The van der Waals surface area contributed by atoms with E-state index in [1.807, 2.05) is 12.1 Å². The van der Waals surface area contributed by atoms with Gasteiger partial charge in [0.1, 0.15) is 5.76 Å². The Balaban J connectivity index is 1.90. The topological polar surface area (TPSA) is 38.9 Å². The molecule has 0 fully saturated rings. The van der Waals surface area contributed by atoms with Crippen LogP contribution < -0.4 is 0 Å². The van der Waals surface area contributed by atoms with E-state index in [1.165, 1.54) is 0 Å². The molecule has 0 spiro atoms. The lowest BCUT2D eigenvalue weighted by Gasteiger charge is -2.08. The third-order valence-corrected chi connectivity index (χ3v) is 3.25. The molecule has 0 saturated carbocycles. The monoisotopic (exact) mass is 220 g/mol. The quantitative estimate of drug-likeness (QED) is 0.793. The number of hydrogen-bond acceptors (Lipinski definition) is 4. The molecule has 0 amide bonds. The van der Waals surface area contributed by atoms with E-state index < -0.39 is 0 Å². The Morgan fingerprint density at radius 2 is 2.40 bits per heavy atom. The average Bonchev–Trinajstić information content (AvgIpc) is 2.80. The van der Waals surface area contributed by atoms with Crippen molar-refractivity contribution in [2.45, 2.75) is 17.9 Å². The maximum Gasteiger partial charge on any atom is 0.113 e. The highest BCUT2D eigenvalue weighted by molar-refractivity contribution is 7.98. The van der Waals surface area contributed by atoms with Crippen molar-refractivity contribution in [3.63, 3.8) is 0 Å². The molecule has 3 nitrogen and oxygen atoms in total. The van der Waals surface area contributed by atoms with E-state index in [0.29, 0.717) is 5.25 Å². The van der Waals surface area contributed by atoms with Gasteiger partial charge in [-0.15, -0.1) is 11.8 Å². The van der Waals surface area contributed by atoms with Crippen LogP contribution in [0.25, 0.3) is 0 Å². The highest BCUT2D eigenvalue weighted by Gasteiger charge is 2.08. The molecule has 2 heterocycles. The Labute approximate surface area is 92.9 Å². The molecule has 1 atom stereocenters. The minimum atomic E-state index is 0.337.